The van der Waals surface area contributed by atoms with Crippen LogP contribution in [0.2, 0.25) is 0 Å². The second kappa shape index (κ2) is 4.86. The summed E-state index contributed by atoms with van der Waals surface area (Å²) in [5.41, 5.74) is 2.73. The van der Waals surface area contributed by atoms with E-state index in [1.165, 1.54) is 0 Å². The zero-order chi connectivity index (χ0) is 13.1. The molecule has 0 amide bonds. The zero-order valence-electron chi connectivity index (χ0n) is 10.1. The fraction of sp³-hybridized carbons (Fsp3) is 0. The molecule has 0 spiro atoms. The average Bonchev–Trinajstić information content (AvgIpc) is 2.49. The van der Waals surface area contributed by atoms with E-state index < -0.39 is 0 Å². The summed E-state index contributed by atoms with van der Waals surface area (Å²) in [5.74, 6) is 0.110. The molecule has 4 nitrogen and oxygen atoms in total. The van der Waals surface area contributed by atoms with Gasteiger partial charge in [-0.05, 0) is 36.4 Å². The largest absolute Gasteiger partial charge is 0.506 e. The smallest absolute Gasteiger partial charge is 0.143 e. The number of aromatic nitrogens is 3. The molecule has 0 aliphatic carbocycles. The third-order valence-corrected chi connectivity index (χ3v) is 2.76. The van der Waals surface area contributed by atoms with Crippen LogP contribution < -0.4 is 0 Å². The lowest BCUT2D eigenvalue weighted by Crippen LogP contribution is -1.92. The molecule has 0 saturated heterocycles. The molecule has 0 aromatic carbocycles. The summed E-state index contributed by atoms with van der Waals surface area (Å²) in [6.45, 7) is 0. The molecule has 0 radical (unpaired) electrons. The maximum Gasteiger partial charge on any atom is 0.143 e. The van der Waals surface area contributed by atoms with Gasteiger partial charge in [0, 0.05) is 24.2 Å². The van der Waals surface area contributed by atoms with Crippen LogP contribution in [0.1, 0.15) is 0 Å². The van der Waals surface area contributed by atoms with Gasteiger partial charge in [0.15, 0.2) is 0 Å². The summed E-state index contributed by atoms with van der Waals surface area (Å²) in [7, 11) is 0. The highest BCUT2D eigenvalue weighted by atomic mass is 16.3. The van der Waals surface area contributed by atoms with E-state index in [2.05, 4.69) is 15.0 Å². The SMILES string of the molecule is Oc1cccnc1-c1ncccc1-c1ccccn1. The number of rotatable bonds is 2. The van der Waals surface area contributed by atoms with Crippen molar-refractivity contribution in [2.45, 2.75) is 0 Å². The van der Waals surface area contributed by atoms with Gasteiger partial charge >= 0.3 is 0 Å². The lowest BCUT2D eigenvalue weighted by molar-refractivity contribution is 0.475. The molecule has 0 fully saturated rings. The van der Waals surface area contributed by atoms with E-state index in [1.807, 2.05) is 30.3 Å². The number of pyridine rings is 3. The summed E-state index contributed by atoms with van der Waals surface area (Å²) in [4.78, 5) is 12.8. The fourth-order valence-electron chi connectivity index (χ4n) is 1.90. The van der Waals surface area contributed by atoms with Crippen LogP contribution in [-0.4, -0.2) is 20.1 Å². The summed E-state index contributed by atoms with van der Waals surface area (Å²) in [6, 6.07) is 12.7. The highest BCUT2D eigenvalue weighted by molar-refractivity contribution is 5.79. The van der Waals surface area contributed by atoms with Crippen LogP contribution >= 0.6 is 0 Å². The molecule has 3 aromatic heterocycles. The second-order valence-corrected chi connectivity index (χ2v) is 3.99. The van der Waals surface area contributed by atoms with E-state index in [9.17, 15) is 5.11 Å². The molecule has 19 heavy (non-hydrogen) atoms. The summed E-state index contributed by atoms with van der Waals surface area (Å²) in [6.07, 6.45) is 5.03. The first-order chi connectivity index (χ1) is 9.36. The molecule has 4 heteroatoms. The van der Waals surface area contributed by atoms with Gasteiger partial charge in [0.25, 0.3) is 0 Å². The number of hydrogen-bond acceptors (Lipinski definition) is 4. The van der Waals surface area contributed by atoms with Gasteiger partial charge in [-0.2, -0.15) is 0 Å². The first-order valence-electron chi connectivity index (χ1n) is 5.87. The number of nitrogens with zero attached hydrogens (tertiary/aromatic N) is 3. The van der Waals surface area contributed by atoms with Gasteiger partial charge in [0.1, 0.15) is 17.1 Å². The van der Waals surface area contributed by atoms with Crippen LogP contribution in [0.4, 0.5) is 0 Å². The van der Waals surface area contributed by atoms with Crippen LogP contribution in [0, 0.1) is 0 Å². The minimum atomic E-state index is 0.110. The molecule has 1 N–H and O–H groups in total. The van der Waals surface area contributed by atoms with E-state index in [0.717, 1.165) is 11.3 Å². The molecule has 0 atom stereocenters. The van der Waals surface area contributed by atoms with Gasteiger partial charge < -0.3 is 5.11 Å². The van der Waals surface area contributed by atoms with E-state index >= 15 is 0 Å². The van der Waals surface area contributed by atoms with Crippen molar-refractivity contribution in [2.24, 2.45) is 0 Å². The predicted octanol–water partition coefficient (Wildman–Crippen LogP) is 2.91. The Kier molecular flexibility index (Phi) is 2.90. The molecular weight excluding hydrogens is 238 g/mol. The van der Waals surface area contributed by atoms with Gasteiger partial charge in [0.05, 0.1) is 5.69 Å². The molecule has 0 aliphatic rings. The molecule has 3 aromatic rings. The zero-order valence-corrected chi connectivity index (χ0v) is 10.1. The maximum atomic E-state index is 9.91. The highest BCUT2D eigenvalue weighted by Gasteiger charge is 2.13. The van der Waals surface area contributed by atoms with Crippen molar-refractivity contribution >= 4 is 0 Å². The van der Waals surface area contributed by atoms with E-state index in [4.69, 9.17) is 0 Å². The molecule has 0 saturated carbocycles. The fourth-order valence-corrected chi connectivity index (χ4v) is 1.90. The minimum Gasteiger partial charge on any atom is -0.506 e. The van der Waals surface area contributed by atoms with E-state index in [-0.39, 0.29) is 5.75 Å². The minimum absolute atomic E-state index is 0.110. The number of aromatic hydroxyl groups is 1. The maximum absolute atomic E-state index is 9.91. The first-order valence-corrected chi connectivity index (χ1v) is 5.87. The quantitative estimate of drug-likeness (QED) is 0.758. The van der Waals surface area contributed by atoms with Crippen molar-refractivity contribution < 1.29 is 5.11 Å². The monoisotopic (exact) mass is 249 g/mol. The Bertz CT molecular complexity index is 699. The number of hydrogen-bond donors (Lipinski definition) is 1. The molecular formula is C15H11N3O. The normalized spacial score (nSPS) is 10.3. The topological polar surface area (TPSA) is 58.9 Å². The van der Waals surface area contributed by atoms with Crippen molar-refractivity contribution in [1.82, 2.24) is 15.0 Å². The Morgan fingerprint density at radius 3 is 2.16 bits per heavy atom. The van der Waals surface area contributed by atoms with Gasteiger partial charge in [-0.15, -0.1) is 0 Å². The third-order valence-electron chi connectivity index (χ3n) is 2.76. The van der Waals surface area contributed by atoms with Crippen molar-refractivity contribution in [3.05, 3.63) is 61.1 Å². The van der Waals surface area contributed by atoms with Crippen molar-refractivity contribution in [3.8, 4) is 28.4 Å². The second-order valence-electron chi connectivity index (χ2n) is 3.99. The van der Waals surface area contributed by atoms with Crippen molar-refractivity contribution in [2.75, 3.05) is 0 Å². The molecule has 0 aliphatic heterocycles. The van der Waals surface area contributed by atoms with Crippen LogP contribution in [0.15, 0.2) is 61.1 Å². The first kappa shape index (κ1) is 11.3. The molecule has 3 rings (SSSR count). The van der Waals surface area contributed by atoms with Gasteiger partial charge in [-0.25, -0.2) is 0 Å². The summed E-state index contributed by atoms with van der Waals surface area (Å²) in [5, 5.41) is 9.91. The van der Waals surface area contributed by atoms with Crippen LogP contribution in [0.5, 0.6) is 5.75 Å². The Labute approximate surface area is 110 Å². The Morgan fingerprint density at radius 2 is 1.42 bits per heavy atom. The predicted molar refractivity (Wildman–Crippen MR) is 72.4 cm³/mol. The summed E-state index contributed by atoms with van der Waals surface area (Å²) >= 11 is 0. The van der Waals surface area contributed by atoms with Gasteiger partial charge in [-0.1, -0.05) is 6.07 Å². The summed E-state index contributed by atoms with van der Waals surface area (Å²) < 4.78 is 0. The Morgan fingerprint density at radius 1 is 0.684 bits per heavy atom. The molecule has 92 valence electrons. The van der Waals surface area contributed by atoms with Crippen LogP contribution in [0.3, 0.4) is 0 Å². The van der Waals surface area contributed by atoms with E-state index in [1.54, 1.807) is 30.7 Å². The molecule has 0 unspecified atom stereocenters. The Balaban J connectivity index is 2.21. The van der Waals surface area contributed by atoms with Gasteiger partial charge in [-0.3, -0.25) is 15.0 Å². The highest BCUT2D eigenvalue weighted by Crippen LogP contribution is 2.32. The van der Waals surface area contributed by atoms with E-state index in [0.29, 0.717) is 11.4 Å². The molecule has 3 heterocycles. The Hall–Kier alpha value is -2.75. The van der Waals surface area contributed by atoms with Crippen molar-refractivity contribution in [3.63, 3.8) is 0 Å². The van der Waals surface area contributed by atoms with Gasteiger partial charge in [0.2, 0.25) is 0 Å². The average molecular weight is 249 g/mol. The van der Waals surface area contributed by atoms with Crippen LogP contribution in [-0.2, 0) is 0 Å². The van der Waals surface area contributed by atoms with Crippen LogP contribution in [0.25, 0.3) is 22.6 Å². The molecule has 0 bridgehead atoms. The lowest BCUT2D eigenvalue weighted by atomic mass is 10.1. The van der Waals surface area contributed by atoms with Crippen molar-refractivity contribution in [1.29, 1.82) is 0 Å². The lowest BCUT2D eigenvalue weighted by Gasteiger charge is -2.08. The standard InChI is InChI=1S/C15H11N3O/c19-13-7-4-10-18-15(13)14-11(5-3-9-17-14)12-6-1-2-8-16-12/h1-10,19H. The third kappa shape index (κ3) is 2.15.